The van der Waals surface area contributed by atoms with Crippen LogP contribution in [0.25, 0.3) is 11.4 Å². The first-order valence-electron chi connectivity index (χ1n) is 8.96. The maximum absolute atomic E-state index is 15.0. The molecule has 1 saturated heterocycles. The number of aryl methyl sites for hydroxylation is 1. The lowest BCUT2D eigenvalue weighted by atomic mass is 9.77. The van der Waals surface area contributed by atoms with Gasteiger partial charge >= 0.3 is 5.97 Å². The summed E-state index contributed by atoms with van der Waals surface area (Å²) >= 11 is 0. The average molecular weight is 361 g/mol. The zero-order valence-corrected chi connectivity index (χ0v) is 15.3. The molecule has 7 heteroatoms. The van der Waals surface area contributed by atoms with Crippen molar-refractivity contribution in [2.75, 3.05) is 13.1 Å². The third kappa shape index (κ3) is 3.62. The molecule has 2 aromatic rings. The van der Waals surface area contributed by atoms with Crippen molar-refractivity contribution in [3.05, 3.63) is 35.0 Å². The van der Waals surface area contributed by atoms with Gasteiger partial charge in [0.1, 0.15) is 5.82 Å². The highest BCUT2D eigenvalue weighted by Crippen LogP contribution is 2.39. The molecule has 0 radical (unpaired) electrons. The van der Waals surface area contributed by atoms with E-state index in [4.69, 9.17) is 4.52 Å². The number of aromatic nitrogens is 2. The van der Waals surface area contributed by atoms with Gasteiger partial charge in [-0.1, -0.05) is 25.1 Å². The summed E-state index contributed by atoms with van der Waals surface area (Å²) in [5.74, 6) is -1.84. The topological polar surface area (TPSA) is 88.2 Å². The zero-order chi connectivity index (χ0) is 18.8. The molecule has 0 amide bonds. The minimum atomic E-state index is -0.946. The average Bonchev–Trinajstić information content (AvgIpc) is 3.01. The number of hydrogen-bond acceptors (Lipinski definition) is 5. The van der Waals surface area contributed by atoms with Gasteiger partial charge in [-0.3, -0.25) is 4.79 Å². The van der Waals surface area contributed by atoms with E-state index in [9.17, 15) is 9.90 Å². The van der Waals surface area contributed by atoms with E-state index in [0.29, 0.717) is 11.5 Å². The van der Waals surface area contributed by atoms with Gasteiger partial charge in [0.2, 0.25) is 11.7 Å². The highest BCUT2D eigenvalue weighted by atomic mass is 19.1. The van der Waals surface area contributed by atoms with Crippen LogP contribution >= 0.6 is 0 Å². The number of benzene rings is 1. The number of carboxylic acids is 1. The van der Waals surface area contributed by atoms with Gasteiger partial charge in [0.05, 0.1) is 11.5 Å². The molecule has 1 aromatic carbocycles. The highest BCUT2D eigenvalue weighted by molar-refractivity contribution is 5.80. The van der Waals surface area contributed by atoms with Crippen molar-refractivity contribution in [2.24, 2.45) is 5.92 Å². The molecule has 0 aliphatic carbocycles. The predicted octanol–water partition coefficient (Wildman–Crippen LogP) is 3.48. The third-order valence-corrected chi connectivity index (χ3v) is 5.02. The summed E-state index contributed by atoms with van der Waals surface area (Å²) in [5.41, 5.74) is 1.34. The Bertz CT molecular complexity index is 797. The normalized spacial score (nSPS) is 16.8. The maximum atomic E-state index is 15.0. The van der Waals surface area contributed by atoms with E-state index in [1.54, 1.807) is 13.0 Å². The summed E-state index contributed by atoms with van der Waals surface area (Å²) in [7, 11) is 0. The lowest BCUT2D eigenvalue weighted by Gasteiger charge is -2.29. The van der Waals surface area contributed by atoms with Crippen LogP contribution in [0.15, 0.2) is 16.7 Å². The molecule has 0 saturated carbocycles. The number of carbonyl (C=O) groups is 1. The largest absolute Gasteiger partial charge is 0.481 e. The molecular weight excluding hydrogens is 337 g/mol. The van der Waals surface area contributed by atoms with Crippen molar-refractivity contribution in [3.8, 4) is 11.4 Å². The van der Waals surface area contributed by atoms with E-state index in [1.807, 2.05) is 13.8 Å². The van der Waals surface area contributed by atoms with E-state index >= 15 is 4.39 Å². The quantitative estimate of drug-likeness (QED) is 0.848. The van der Waals surface area contributed by atoms with E-state index in [0.717, 1.165) is 31.5 Å². The fraction of sp³-hybridized carbons (Fsp3) is 0.526. The number of nitrogens with zero attached hydrogens (tertiary/aromatic N) is 2. The van der Waals surface area contributed by atoms with E-state index in [1.165, 1.54) is 6.07 Å². The monoisotopic (exact) mass is 361 g/mol. The molecule has 1 unspecified atom stereocenters. The Morgan fingerprint density at radius 2 is 2.04 bits per heavy atom. The maximum Gasteiger partial charge on any atom is 0.311 e. The van der Waals surface area contributed by atoms with Gasteiger partial charge in [-0.2, -0.15) is 4.98 Å². The summed E-state index contributed by atoms with van der Waals surface area (Å²) in [6, 6.07) is 3.24. The smallest absolute Gasteiger partial charge is 0.311 e. The van der Waals surface area contributed by atoms with Gasteiger partial charge in [-0.05, 0) is 55.0 Å². The van der Waals surface area contributed by atoms with E-state index in [2.05, 4.69) is 15.5 Å². The Kier molecular flexibility index (Phi) is 5.36. The molecule has 1 aliphatic rings. The first-order chi connectivity index (χ1) is 12.4. The summed E-state index contributed by atoms with van der Waals surface area (Å²) in [6.07, 6.45) is 1.46. The van der Waals surface area contributed by atoms with Crippen molar-refractivity contribution >= 4 is 5.97 Å². The minimum absolute atomic E-state index is 0.0673. The van der Waals surface area contributed by atoms with E-state index < -0.39 is 17.7 Å². The molecule has 1 aliphatic heterocycles. The van der Waals surface area contributed by atoms with Gasteiger partial charge in [0, 0.05) is 6.92 Å². The summed E-state index contributed by atoms with van der Waals surface area (Å²) < 4.78 is 20.0. The van der Waals surface area contributed by atoms with Crippen LogP contribution < -0.4 is 5.32 Å². The Morgan fingerprint density at radius 3 is 2.58 bits per heavy atom. The first-order valence-corrected chi connectivity index (χ1v) is 8.96. The Morgan fingerprint density at radius 1 is 1.35 bits per heavy atom. The van der Waals surface area contributed by atoms with Gasteiger partial charge in [0.15, 0.2) is 0 Å². The van der Waals surface area contributed by atoms with Crippen LogP contribution in [-0.4, -0.2) is 34.3 Å². The molecule has 140 valence electrons. The Balaban J connectivity index is 2.19. The second-order valence-corrected chi connectivity index (χ2v) is 7.16. The van der Waals surface area contributed by atoms with Crippen molar-refractivity contribution in [2.45, 2.75) is 45.4 Å². The molecule has 1 aromatic heterocycles. The van der Waals surface area contributed by atoms with Gasteiger partial charge < -0.3 is 14.9 Å². The van der Waals surface area contributed by atoms with Crippen LogP contribution in [0.4, 0.5) is 4.39 Å². The van der Waals surface area contributed by atoms with Crippen LogP contribution in [0.3, 0.4) is 0 Å². The lowest BCUT2D eigenvalue weighted by Crippen LogP contribution is -2.34. The summed E-state index contributed by atoms with van der Waals surface area (Å²) in [5, 5.41) is 17.1. The molecule has 2 N–H and O–H groups in total. The molecule has 1 fully saturated rings. The van der Waals surface area contributed by atoms with Gasteiger partial charge in [-0.25, -0.2) is 4.39 Å². The molecule has 0 spiro atoms. The van der Waals surface area contributed by atoms with Crippen LogP contribution in [0.5, 0.6) is 0 Å². The third-order valence-electron chi connectivity index (χ3n) is 5.02. The second-order valence-electron chi connectivity index (χ2n) is 7.16. The van der Waals surface area contributed by atoms with Crippen molar-refractivity contribution in [1.82, 2.24) is 15.5 Å². The minimum Gasteiger partial charge on any atom is -0.481 e. The van der Waals surface area contributed by atoms with Crippen LogP contribution in [0, 0.1) is 18.7 Å². The molecule has 3 rings (SSSR count). The lowest BCUT2D eigenvalue weighted by molar-refractivity contribution is -0.140. The molecule has 26 heavy (non-hydrogen) atoms. The molecule has 2 heterocycles. The summed E-state index contributed by atoms with van der Waals surface area (Å²) in [4.78, 5) is 16.3. The SMILES string of the molecule is Cc1nc(-c2c(F)cc(C(C)C)cc2C(C(=O)O)C2CCNCC2)no1. The molecule has 1 atom stereocenters. The molecular formula is C19H24FN3O3. The number of carboxylic acid groups (broad SMARTS) is 1. The molecule has 0 bridgehead atoms. The van der Waals surface area contributed by atoms with Crippen LogP contribution in [0.2, 0.25) is 0 Å². The second kappa shape index (κ2) is 7.53. The number of halogens is 1. The standard InChI is InChI=1S/C19H24FN3O3/c1-10(2)13-8-14(16(19(24)25)12-4-6-21-7-5-12)17(15(20)9-13)18-22-11(3)26-23-18/h8-10,12,16,21H,4-7H2,1-3H3,(H,24,25). The van der Waals surface area contributed by atoms with Crippen molar-refractivity contribution in [1.29, 1.82) is 0 Å². The number of nitrogens with one attached hydrogen (secondary N) is 1. The first kappa shape index (κ1) is 18.5. The Hall–Kier alpha value is -2.28. The number of rotatable bonds is 5. The van der Waals surface area contributed by atoms with Gasteiger partial charge in [0.25, 0.3) is 0 Å². The fourth-order valence-electron chi connectivity index (χ4n) is 3.63. The van der Waals surface area contributed by atoms with Crippen molar-refractivity contribution in [3.63, 3.8) is 0 Å². The van der Waals surface area contributed by atoms with Crippen LogP contribution in [-0.2, 0) is 4.79 Å². The number of aliphatic carboxylic acids is 1. The zero-order valence-electron chi connectivity index (χ0n) is 15.3. The summed E-state index contributed by atoms with van der Waals surface area (Å²) in [6.45, 7) is 7.06. The molecule has 6 nitrogen and oxygen atoms in total. The van der Waals surface area contributed by atoms with Crippen LogP contribution in [0.1, 0.15) is 55.5 Å². The number of hydrogen-bond donors (Lipinski definition) is 2. The highest BCUT2D eigenvalue weighted by Gasteiger charge is 2.35. The van der Waals surface area contributed by atoms with Gasteiger partial charge in [-0.15, -0.1) is 0 Å². The predicted molar refractivity (Wildman–Crippen MR) is 94.5 cm³/mol. The number of piperidine rings is 1. The Labute approximate surface area is 151 Å². The fourth-order valence-corrected chi connectivity index (χ4v) is 3.63. The van der Waals surface area contributed by atoms with Crippen molar-refractivity contribution < 1.29 is 18.8 Å². The van der Waals surface area contributed by atoms with E-state index in [-0.39, 0.29) is 23.2 Å².